The number of benzene rings is 1. The summed E-state index contributed by atoms with van der Waals surface area (Å²) in [4.78, 5) is 16.2. The smallest absolute Gasteiger partial charge is 0.255 e. The fourth-order valence-electron chi connectivity index (χ4n) is 1.91. The topological polar surface area (TPSA) is 88.2 Å². The molecule has 2 aromatic rings. The minimum atomic E-state index is -3.60. The molecular formula is C16H19N3O3S. The number of aromatic nitrogens is 1. The summed E-state index contributed by atoms with van der Waals surface area (Å²) in [6, 6.07) is 9.35. The van der Waals surface area contributed by atoms with Crippen LogP contribution in [0.2, 0.25) is 0 Å². The molecule has 23 heavy (non-hydrogen) atoms. The van der Waals surface area contributed by atoms with Crippen molar-refractivity contribution in [2.75, 3.05) is 11.9 Å². The number of pyridine rings is 1. The maximum absolute atomic E-state index is 12.2. The van der Waals surface area contributed by atoms with Gasteiger partial charge in [-0.2, -0.15) is 0 Å². The van der Waals surface area contributed by atoms with Gasteiger partial charge in [0, 0.05) is 18.3 Å². The lowest BCUT2D eigenvalue weighted by Gasteiger charge is -2.08. The van der Waals surface area contributed by atoms with Crippen LogP contribution in [0.3, 0.4) is 0 Å². The van der Waals surface area contributed by atoms with Gasteiger partial charge in [-0.25, -0.2) is 13.1 Å². The van der Waals surface area contributed by atoms with E-state index in [9.17, 15) is 13.2 Å². The van der Waals surface area contributed by atoms with Gasteiger partial charge in [0.15, 0.2) is 0 Å². The average molecular weight is 333 g/mol. The molecule has 0 bridgehead atoms. The molecule has 0 aliphatic rings. The fourth-order valence-corrected chi connectivity index (χ4v) is 3.03. The molecule has 0 saturated carbocycles. The number of anilines is 1. The lowest BCUT2D eigenvalue weighted by atomic mass is 10.2. The second-order valence-corrected chi connectivity index (χ2v) is 6.74. The highest BCUT2D eigenvalue weighted by Gasteiger charge is 2.15. The first-order valence-corrected chi connectivity index (χ1v) is 8.82. The molecule has 0 aliphatic carbocycles. The third-order valence-electron chi connectivity index (χ3n) is 3.15. The van der Waals surface area contributed by atoms with E-state index in [4.69, 9.17) is 0 Å². The number of sulfonamides is 1. The van der Waals surface area contributed by atoms with Crippen LogP contribution >= 0.6 is 0 Å². The van der Waals surface area contributed by atoms with E-state index in [1.54, 1.807) is 30.5 Å². The maximum atomic E-state index is 12.2. The minimum absolute atomic E-state index is 0.0763. The van der Waals surface area contributed by atoms with E-state index in [1.807, 2.05) is 6.92 Å². The van der Waals surface area contributed by atoms with Gasteiger partial charge < -0.3 is 5.32 Å². The predicted octanol–water partition coefficient (Wildman–Crippen LogP) is 2.41. The summed E-state index contributed by atoms with van der Waals surface area (Å²) < 4.78 is 26.9. The monoisotopic (exact) mass is 333 g/mol. The van der Waals surface area contributed by atoms with Crippen LogP contribution < -0.4 is 10.0 Å². The Labute approximate surface area is 136 Å². The summed E-state index contributed by atoms with van der Waals surface area (Å²) in [6.45, 7) is 2.36. The second-order valence-electron chi connectivity index (χ2n) is 4.97. The Hall–Kier alpha value is -2.25. The third kappa shape index (κ3) is 4.87. The SMILES string of the molecule is CCCCNS(=O)(=O)c1cccc(C(=O)Nc2cccnc2)c1. The normalized spacial score (nSPS) is 11.2. The van der Waals surface area contributed by atoms with Crippen LogP contribution in [0, 0.1) is 0 Å². The Bertz CT molecular complexity index is 761. The van der Waals surface area contributed by atoms with Crippen molar-refractivity contribution in [3.63, 3.8) is 0 Å². The second kappa shape index (κ2) is 7.85. The Morgan fingerprint density at radius 1 is 1.22 bits per heavy atom. The van der Waals surface area contributed by atoms with Crippen molar-refractivity contribution < 1.29 is 13.2 Å². The van der Waals surface area contributed by atoms with Gasteiger partial charge in [0.2, 0.25) is 10.0 Å². The summed E-state index contributed by atoms with van der Waals surface area (Å²) in [5.41, 5.74) is 0.819. The van der Waals surface area contributed by atoms with Crippen LogP contribution in [0.25, 0.3) is 0 Å². The summed E-state index contributed by atoms with van der Waals surface area (Å²) in [6.07, 6.45) is 4.78. The van der Waals surface area contributed by atoms with Gasteiger partial charge in [-0.05, 0) is 36.8 Å². The number of carbonyl (C=O) groups excluding carboxylic acids is 1. The molecule has 2 N–H and O–H groups in total. The van der Waals surface area contributed by atoms with Crippen LogP contribution in [0.1, 0.15) is 30.1 Å². The molecule has 0 spiro atoms. The molecular weight excluding hydrogens is 314 g/mol. The summed E-state index contributed by atoms with van der Waals surface area (Å²) in [5, 5.41) is 2.67. The van der Waals surface area contributed by atoms with Gasteiger partial charge in [-0.15, -0.1) is 0 Å². The van der Waals surface area contributed by atoms with Crippen molar-refractivity contribution >= 4 is 21.6 Å². The summed E-state index contributed by atoms with van der Waals surface area (Å²) in [7, 11) is -3.60. The molecule has 7 heteroatoms. The number of nitrogens with zero attached hydrogens (tertiary/aromatic N) is 1. The standard InChI is InChI=1S/C16H19N3O3S/c1-2-3-10-18-23(21,22)15-8-4-6-13(11-15)16(20)19-14-7-5-9-17-12-14/h4-9,11-12,18H,2-3,10H2,1H3,(H,19,20). The van der Waals surface area contributed by atoms with Gasteiger partial charge in [0.05, 0.1) is 16.8 Å². The van der Waals surface area contributed by atoms with E-state index in [0.29, 0.717) is 12.2 Å². The molecule has 6 nitrogen and oxygen atoms in total. The van der Waals surface area contributed by atoms with E-state index < -0.39 is 10.0 Å². The van der Waals surface area contributed by atoms with E-state index in [2.05, 4.69) is 15.0 Å². The molecule has 0 saturated heterocycles. The van der Waals surface area contributed by atoms with Crippen LogP contribution in [0.5, 0.6) is 0 Å². The van der Waals surface area contributed by atoms with Crippen molar-refractivity contribution in [3.8, 4) is 0 Å². The van der Waals surface area contributed by atoms with Crippen molar-refractivity contribution in [2.45, 2.75) is 24.7 Å². The van der Waals surface area contributed by atoms with Crippen LogP contribution in [-0.2, 0) is 10.0 Å². The zero-order valence-electron chi connectivity index (χ0n) is 12.8. The lowest BCUT2D eigenvalue weighted by molar-refractivity contribution is 0.102. The number of hydrogen-bond donors (Lipinski definition) is 2. The average Bonchev–Trinajstić information content (AvgIpc) is 2.56. The number of unbranched alkanes of at least 4 members (excludes halogenated alkanes) is 1. The first-order chi connectivity index (χ1) is 11.0. The van der Waals surface area contributed by atoms with Crippen molar-refractivity contribution in [2.24, 2.45) is 0 Å². The molecule has 1 amide bonds. The molecule has 0 unspecified atom stereocenters. The Kier molecular flexibility index (Phi) is 5.84. The van der Waals surface area contributed by atoms with Gasteiger partial charge in [-0.1, -0.05) is 19.4 Å². The Balaban J connectivity index is 2.14. The molecule has 0 fully saturated rings. The van der Waals surface area contributed by atoms with E-state index in [-0.39, 0.29) is 16.4 Å². The lowest BCUT2D eigenvalue weighted by Crippen LogP contribution is -2.25. The number of hydrogen-bond acceptors (Lipinski definition) is 4. The predicted molar refractivity (Wildman–Crippen MR) is 88.7 cm³/mol. The quantitative estimate of drug-likeness (QED) is 0.762. The van der Waals surface area contributed by atoms with Crippen molar-refractivity contribution in [3.05, 3.63) is 54.4 Å². The van der Waals surface area contributed by atoms with E-state index >= 15 is 0 Å². The van der Waals surface area contributed by atoms with E-state index in [0.717, 1.165) is 12.8 Å². The maximum Gasteiger partial charge on any atom is 0.255 e. The van der Waals surface area contributed by atoms with Crippen LogP contribution in [0.15, 0.2) is 53.7 Å². The molecule has 1 aromatic carbocycles. The summed E-state index contributed by atoms with van der Waals surface area (Å²) >= 11 is 0. The highest BCUT2D eigenvalue weighted by molar-refractivity contribution is 7.89. The molecule has 1 heterocycles. The van der Waals surface area contributed by atoms with Gasteiger partial charge in [0.25, 0.3) is 5.91 Å². The van der Waals surface area contributed by atoms with Crippen molar-refractivity contribution in [1.82, 2.24) is 9.71 Å². The fraction of sp³-hybridized carbons (Fsp3) is 0.250. The van der Waals surface area contributed by atoms with E-state index in [1.165, 1.54) is 18.3 Å². The third-order valence-corrected chi connectivity index (χ3v) is 4.61. The number of amides is 1. The highest BCUT2D eigenvalue weighted by Crippen LogP contribution is 2.13. The number of rotatable bonds is 7. The first kappa shape index (κ1) is 17.1. The molecule has 0 aliphatic heterocycles. The Morgan fingerprint density at radius 3 is 2.74 bits per heavy atom. The number of nitrogens with one attached hydrogen (secondary N) is 2. The zero-order chi connectivity index (χ0) is 16.7. The molecule has 0 radical (unpaired) electrons. The largest absolute Gasteiger partial charge is 0.321 e. The van der Waals surface area contributed by atoms with Crippen LogP contribution in [-0.4, -0.2) is 25.9 Å². The molecule has 0 atom stereocenters. The molecule has 1 aromatic heterocycles. The highest BCUT2D eigenvalue weighted by atomic mass is 32.2. The molecule has 122 valence electrons. The summed E-state index contributed by atoms with van der Waals surface area (Å²) in [5.74, 6) is -0.386. The van der Waals surface area contributed by atoms with Crippen molar-refractivity contribution in [1.29, 1.82) is 0 Å². The minimum Gasteiger partial charge on any atom is -0.321 e. The van der Waals surface area contributed by atoms with Gasteiger partial charge in [-0.3, -0.25) is 9.78 Å². The van der Waals surface area contributed by atoms with Gasteiger partial charge in [0.1, 0.15) is 0 Å². The Morgan fingerprint density at radius 2 is 2.04 bits per heavy atom. The van der Waals surface area contributed by atoms with Crippen LogP contribution in [0.4, 0.5) is 5.69 Å². The zero-order valence-corrected chi connectivity index (χ0v) is 13.6. The van der Waals surface area contributed by atoms with Gasteiger partial charge >= 0.3 is 0 Å². The molecule has 2 rings (SSSR count). The first-order valence-electron chi connectivity index (χ1n) is 7.34. The number of carbonyl (C=O) groups is 1.